The number of hydrogen-bond donors (Lipinski definition) is 0. The molecule has 0 fully saturated rings. The normalized spacial score (nSPS) is 10.4. The van der Waals surface area contributed by atoms with Gasteiger partial charge in [-0.2, -0.15) is 15.8 Å². The van der Waals surface area contributed by atoms with Crippen LogP contribution in [0.25, 0.3) is 68.3 Å². The highest BCUT2D eigenvalue weighted by molar-refractivity contribution is 5.69. The van der Waals surface area contributed by atoms with Gasteiger partial charge < -0.3 is 0 Å². The van der Waals surface area contributed by atoms with Gasteiger partial charge in [-0.1, -0.05) is 18.2 Å². The van der Waals surface area contributed by atoms with Crippen molar-refractivity contribution in [3.8, 4) is 86.5 Å². The first kappa shape index (κ1) is 29.1. The second-order valence-corrected chi connectivity index (χ2v) is 10.3. The van der Waals surface area contributed by atoms with E-state index in [1.165, 1.54) is 18.6 Å². The molecule has 0 bridgehead atoms. The lowest BCUT2D eigenvalue weighted by atomic mass is 10.1. The molecule has 0 atom stereocenters. The largest absolute Gasteiger partial charge is 0.263 e. The second-order valence-electron chi connectivity index (χ2n) is 10.3. The van der Waals surface area contributed by atoms with Crippen molar-refractivity contribution in [2.45, 2.75) is 0 Å². The van der Waals surface area contributed by atoms with Crippen molar-refractivity contribution >= 4 is 0 Å². The van der Waals surface area contributed by atoms with E-state index in [0.29, 0.717) is 67.5 Å². The number of rotatable bonds is 6. The quantitative estimate of drug-likeness (QED) is 0.216. The topological polar surface area (TPSA) is 187 Å². The smallest absolute Gasteiger partial charge is 0.182 e. The van der Waals surface area contributed by atoms with E-state index in [1.54, 1.807) is 55.0 Å². The summed E-state index contributed by atoms with van der Waals surface area (Å²) in [5.74, 6) is 0.797. The van der Waals surface area contributed by atoms with Crippen molar-refractivity contribution in [3.05, 3.63) is 127 Å². The maximum absolute atomic E-state index is 9.37. The first-order valence-electron chi connectivity index (χ1n) is 14.3. The number of aromatic nitrogens is 9. The molecular weight excluding hydrogens is 600 g/mol. The van der Waals surface area contributed by atoms with E-state index in [4.69, 9.17) is 29.9 Å². The number of nitrogens with zero attached hydrogens (tertiary/aromatic N) is 12. The summed E-state index contributed by atoms with van der Waals surface area (Å²) < 4.78 is 0. The van der Waals surface area contributed by atoms with Crippen LogP contribution < -0.4 is 0 Å². The summed E-state index contributed by atoms with van der Waals surface area (Å²) >= 11 is 0. The predicted molar refractivity (Wildman–Crippen MR) is 173 cm³/mol. The average molecular weight is 619 g/mol. The minimum absolute atomic E-state index is 0.266. The van der Waals surface area contributed by atoms with Crippen molar-refractivity contribution in [2.24, 2.45) is 0 Å². The van der Waals surface area contributed by atoms with E-state index in [2.05, 4.69) is 33.2 Å². The van der Waals surface area contributed by atoms with Crippen LogP contribution in [0.3, 0.4) is 0 Å². The molecule has 0 amide bonds. The van der Waals surface area contributed by atoms with Gasteiger partial charge in [-0.25, -0.2) is 29.9 Å². The van der Waals surface area contributed by atoms with E-state index in [1.807, 2.05) is 36.4 Å². The molecule has 48 heavy (non-hydrogen) atoms. The second kappa shape index (κ2) is 12.8. The van der Waals surface area contributed by atoms with Gasteiger partial charge in [0.1, 0.15) is 35.3 Å². The summed E-state index contributed by atoms with van der Waals surface area (Å²) in [6.07, 6.45) is 9.36. The molecular formula is C36H18N12. The van der Waals surface area contributed by atoms with Crippen LogP contribution in [0.2, 0.25) is 0 Å². The Balaban J connectivity index is 1.38. The van der Waals surface area contributed by atoms with Crippen LogP contribution in [0.1, 0.15) is 16.7 Å². The number of nitriles is 3. The lowest BCUT2D eigenvalue weighted by Gasteiger charge is -2.10. The maximum Gasteiger partial charge on any atom is 0.182 e. The Bertz CT molecular complexity index is 2190. The number of pyridine rings is 6. The van der Waals surface area contributed by atoms with Crippen molar-refractivity contribution in [1.82, 2.24) is 44.9 Å². The molecule has 0 N–H and O–H groups in total. The molecule has 0 saturated carbocycles. The maximum atomic E-state index is 9.37. The first-order valence-corrected chi connectivity index (χ1v) is 14.3. The van der Waals surface area contributed by atoms with Gasteiger partial charge in [0.2, 0.25) is 0 Å². The summed E-state index contributed by atoms with van der Waals surface area (Å²) in [5.41, 5.74) is 6.30. The van der Waals surface area contributed by atoms with E-state index >= 15 is 0 Å². The SMILES string of the molecule is N#Cc1cncc(-c2cccc(-c3nc(-c4cccc(-c5cncc(C#N)c5)n4)nc(-c4cccc(-c5cncc(C#N)c5)n4)n3)n2)c1. The Morgan fingerprint density at radius 3 is 0.938 bits per heavy atom. The highest BCUT2D eigenvalue weighted by atomic mass is 15.1. The Kier molecular flexibility index (Phi) is 7.75. The molecule has 12 heteroatoms. The lowest BCUT2D eigenvalue weighted by Crippen LogP contribution is -2.04. The fourth-order valence-corrected chi connectivity index (χ4v) is 4.80. The molecule has 12 nitrogen and oxygen atoms in total. The van der Waals surface area contributed by atoms with E-state index in [9.17, 15) is 15.8 Å². The minimum atomic E-state index is 0.266. The highest BCUT2D eigenvalue weighted by Crippen LogP contribution is 2.28. The van der Waals surface area contributed by atoms with Crippen LogP contribution in [-0.2, 0) is 0 Å². The van der Waals surface area contributed by atoms with Crippen LogP contribution in [-0.4, -0.2) is 44.9 Å². The highest BCUT2D eigenvalue weighted by Gasteiger charge is 2.17. The van der Waals surface area contributed by atoms with Crippen LogP contribution in [0.15, 0.2) is 110 Å². The van der Waals surface area contributed by atoms with Gasteiger partial charge in [-0.05, 0) is 54.6 Å². The third-order valence-corrected chi connectivity index (χ3v) is 7.06. The fourth-order valence-electron chi connectivity index (χ4n) is 4.80. The molecule has 7 heterocycles. The third-order valence-electron chi connectivity index (χ3n) is 7.06. The molecule has 0 radical (unpaired) electrons. The van der Waals surface area contributed by atoms with Gasteiger partial charge in [0.25, 0.3) is 0 Å². The van der Waals surface area contributed by atoms with Crippen molar-refractivity contribution in [2.75, 3.05) is 0 Å². The molecule has 0 aromatic carbocycles. The van der Waals surface area contributed by atoms with Crippen molar-refractivity contribution in [3.63, 3.8) is 0 Å². The molecule has 0 saturated heterocycles. The zero-order valence-electron chi connectivity index (χ0n) is 24.8. The Hall–Kier alpha value is -7.62. The van der Waals surface area contributed by atoms with Crippen molar-refractivity contribution < 1.29 is 0 Å². The molecule has 7 aromatic rings. The van der Waals surface area contributed by atoms with Crippen LogP contribution >= 0.6 is 0 Å². The zero-order valence-corrected chi connectivity index (χ0v) is 24.8. The molecule has 7 rings (SSSR count). The summed E-state index contributed by atoms with van der Waals surface area (Å²) in [5, 5.41) is 28.1. The van der Waals surface area contributed by atoms with Crippen molar-refractivity contribution in [1.29, 1.82) is 15.8 Å². The summed E-state index contributed by atoms with van der Waals surface area (Å²) in [7, 11) is 0. The molecule has 0 aliphatic heterocycles. The molecule has 0 aliphatic carbocycles. The van der Waals surface area contributed by atoms with Gasteiger partial charge in [0.15, 0.2) is 17.5 Å². The van der Waals surface area contributed by atoms with Gasteiger partial charge in [-0.15, -0.1) is 0 Å². The number of hydrogen-bond acceptors (Lipinski definition) is 12. The van der Waals surface area contributed by atoms with E-state index in [-0.39, 0.29) is 17.5 Å². The first-order chi connectivity index (χ1) is 23.6. The third kappa shape index (κ3) is 6.02. The average Bonchev–Trinajstić information content (AvgIpc) is 3.18. The Morgan fingerprint density at radius 1 is 0.354 bits per heavy atom. The molecule has 0 aliphatic rings. The minimum Gasteiger partial charge on any atom is -0.263 e. The van der Waals surface area contributed by atoms with Crippen LogP contribution in [0.5, 0.6) is 0 Å². The molecule has 0 unspecified atom stereocenters. The summed E-state index contributed by atoms with van der Waals surface area (Å²) in [4.78, 5) is 41.3. The van der Waals surface area contributed by atoms with Gasteiger partial charge in [0.05, 0.1) is 33.8 Å². The fraction of sp³-hybridized carbons (Fsp3) is 0. The van der Waals surface area contributed by atoms with E-state index < -0.39 is 0 Å². The van der Waals surface area contributed by atoms with Gasteiger partial charge in [0, 0.05) is 53.9 Å². The lowest BCUT2D eigenvalue weighted by molar-refractivity contribution is 1.04. The Morgan fingerprint density at radius 2 is 0.646 bits per heavy atom. The van der Waals surface area contributed by atoms with Crippen LogP contribution in [0.4, 0.5) is 0 Å². The van der Waals surface area contributed by atoms with Gasteiger partial charge in [-0.3, -0.25) is 15.0 Å². The van der Waals surface area contributed by atoms with Gasteiger partial charge >= 0.3 is 0 Å². The molecule has 0 spiro atoms. The monoisotopic (exact) mass is 618 g/mol. The Labute approximate surface area is 273 Å². The summed E-state index contributed by atoms with van der Waals surface area (Å²) in [6, 6.07) is 27.7. The zero-order chi connectivity index (χ0) is 32.9. The summed E-state index contributed by atoms with van der Waals surface area (Å²) in [6.45, 7) is 0. The van der Waals surface area contributed by atoms with E-state index in [0.717, 1.165) is 0 Å². The standard InChI is InChI=1S/C36H18N12/c37-13-22-10-25(19-40-16-22)28-4-1-7-31(43-28)34-46-35(32-8-2-5-29(44-32)26-11-23(14-38)17-41-20-26)48-36(47-34)33-9-3-6-30(45-33)27-12-24(15-39)18-42-21-27/h1-12,16-21H. The molecule has 7 aromatic heterocycles. The molecule has 222 valence electrons. The van der Waals surface area contributed by atoms with Crippen LogP contribution in [0, 0.1) is 34.0 Å². The predicted octanol–water partition coefficient (Wildman–Crippen LogP) is 5.86.